The van der Waals surface area contributed by atoms with E-state index >= 15 is 0 Å². The van der Waals surface area contributed by atoms with Gasteiger partial charge in [0.05, 0.1) is 29.1 Å². The van der Waals surface area contributed by atoms with E-state index in [1.165, 1.54) is 9.80 Å². The molecule has 2 saturated heterocycles. The summed E-state index contributed by atoms with van der Waals surface area (Å²) in [6.07, 6.45) is 4.22. The summed E-state index contributed by atoms with van der Waals surface area (Å²) in [5.41, 5.74) is 4.26. The van der Waals surface area contributed by atoms with Gasteiger partial charge in [-0.05, 0) is 67.5 Å². The second-order valence-electron chi connectivity index (χ2n) is 9.82. The number of aryl methyl sites for hydroxylation is 2. The first-order valence-electron chi connectivity index (χ1n) is 12.4. The SMILES string of the molecule is CCc1ccc(N2C(=O)[C@@H]3C(C)=C[C@@H]([C@H]4CC(=O)N(c5ccc(CC)cc5)C4=O)C[C@H]3C2=O)cc1. The number of benzene rings is 2. The lowest BCUT2D eigenvalue weighted by Gasteiger charge is -2.29. The minimum atomic E-state index is -0.523. The lowest BCUT2D eigenvalue weighted by Crippen LogP contribution is -2.35. The van der Waals surface area contributed by atoms with Crippen LogP contribution in [0, 0.1) is 23.7 Å². The Morgan fingerprint density at radius 3 is 1.77 bits per heavy atom. The lowest BCUT2D eigenvalue weighted by atomic mass is 9.71. The smallest absolute Gasteiger partial charge is 0.241 e. The topological polar surface area (TPSA) is 74.8 Å². The second kappa shape index (κ2) is 8.91. The Kier molecular flexibility index (Phi) is 5.91. The molecule has 2 aliphatic heterocycles. The average Bonchev–Trinajstić information content (AvgIpc) is 3.31. The molecule has 35 heavy (non-hydrogen) atoms. The summed E-state index contributed by atoms with van der Waals surface area (Å²) in [7, 11) is 0. The summed E-state index contributed by atoms with van der Waals surface area (Å²) in [5.74, 6) is -2.66. The molecule has 4 atom stereocenters. The third-order valence-corrected chi connectivity index (χ3v) is 7.82. The van der Waals surface area contributed by atoms with E-state index in [4.69, 9.17) is 0 Å². The van der Waals surface area contributed by atoms with Crippen LogP contribution in [0.4, 0.5) is 11.4 Å². The van der Waals surface area contributed by atoms with Crippen molar-refractivity contribution in [2.24, 2.45) is 23.7 Å². The molecule has 4 amide bonds. The van der Waals surface area contributed by atoms with Crippen molar-refractivity contribution in [3.63, 3.8) is 0 Å². The van der Waals surface area contributed by atoms with Gasteiger partial charge in [-0.3, -0.25) is 24.1 Å². The zero-order valence-electron chi connectivity index (χ0n) is 20.4. The zero-order valence-corrected chi connectivity index (χ0v) is 20.4. The molecule has 0 unspecified atom stereocenters. The molecule has 2 heterocycles. The van der Waals surface area contributed by atoms with Gasteiger partial charge in [-0.25, -0.2) is 4.90 Å². The van der Waals surface area contributed by atoms with Crippen molar-refractivity contribution in [2.75, 3.05) is 9.80 Å². The van der Waals surface area contributed by atoms with Crippen molar-refractivity contribution < 1.29 is 19.2 Å². The summed E-state index contributed by atoms with van der Waals surface area (Å²) < 4.78 is 0. The maximum atomic E-state index is 13.4. The van der Waals surface area contributed by atoms with E-state index in [0.717, 1.165) is 29.5 Å². The standard InChI is InChI=1S/C29H30N2O4/c1-4-18-6-10-21(11-7-18)30-25(32)16-23(27(30)33)20-14-17(3)26-24(15-20)28(34)31(29(26)35)22-12-8-19(5-2)9-13-22/h6-14,20,23-24,26H,4-5,15-16H2,1-3H3/t20-,23-,24-,26-/m1/s1. The number of hydrogen-bond donors (Lipinski definition) is 0. The second-order valence-corrected chi connectivity index (χ2v) is 9.82. The highest BCUT2D eigenvalue weighted by Crippen LogP contribution is 2.46. The first-order valence-corrected chi connectivity index (χ1v) is 12.4. The molecular weight excluding hydrogens is 440 g/mol. The predicted molar refractivity (Wildman–Crippen MR) is 134 cm³/mol. The van der Waals surface area contributed by atoms with Crippen molar-refractivity contribution >= 4 is 35.0 Å². The molecule has 0 aromatic heterocycles. The molecule has 0 spiro atoms. The zero-order chi connectivity index (χ0) is 24.9. The van der Waals surface area contributed by atoms with Crippen molar-refractivity contribution in [1.29, 1.82) is 0 Å². The maximum absolute atomic E-state index is 13.4. The van der Waals surface area contributed by atoms with E-state index in [-0.39, 0.29) is 36.0 Å². The molecule has 6 heteroatoms. The normalized spacial score (nSPS) is 26.4. The molecule has 5 rings (SSSR count). The van der Waals surface area contributed by atoms with Gasteiger partial charge in [0.1, 0.15) is 0 Å². The first-order chi connectivity index (χ1) is 16.8. The van der Waals surface area contributed by atoms with Gasteiger partial charge >= 0.3 is 0 Å². The van der Waals surface area contributed by atoms with Gasteiger partial charge in [-0.15, -0.1) is 0 Å². The summed E-state index contributed by atoms with van der Waals surface area (Å²) in [5, 5.41) is 0. The Bertz CT molecular complexity index is 1230. The molecule has 3 aliphatic rings. The number of allylic oxidation sites excluding steroid dienone is 1. The Morgan fingerprint density at radius 1 is 0.714 bits per heavy atom. The van der Waals surface area contributed by atoms with Gasteiger partial charge in [-0.2, -0.15) is 0 Å². The highest BCUT2D eigenvalue weighted by atomic mass is 16.2. The van der Waals surface area contributed by atoms with E-state index < -0.39 is 17.8 Å². The highest BCUT2D eigenvalue weighted by molar-refractivity contribution is 6.23. The number of fused-ring (bicyclic) bond motifs is 1. The molecule has 2 aromatic rings. The van der Waals surface area contributed by atoms with E-state index in [1.54, 1.807) is 0 Å². The lowest BCUT2D eigenvalue weighted by molar-refractivity contribution is -0.125. The van der Waals surface area contributed by atoms with Crippen LogP contribution < -0.4 is 9.80 Å². The van der Waals surface area contributed by atoms with Crippen LogP contribution in [0.25, 0.3) is 0 Å². The molecule has 2 aromatic carbocycles. The third kappa shape index (κ3) is 3.81. The van der Waals surface area contributed by atoms with Crippen molar-refractivity contribution in [3.8, 4) is 0 Å². The van der Waals surface area contributed by atoms with Crippen molar-refractivity contribution in [2.45, 2.75) is 46.5 Å². The number of amides is 4. The molecular formula is C29H30N2O4. The van der Waals surface area contributed by atoms with E-state index in [1.807, 2.05) is 61.5 Å². The predicted octanol–water partition coefficient (Wildman–Crippen LogP) is 4.46. The Labute approximate surface area is 205 Å². The van der Waals surface area contributed by atoms with Crippen LogP contribution in [0.1, 0.15) is 44.7 Å². The molecule has 1 aliphatic carbocycles. The van der Waals surface area contributed by atoms with Crippen LogP contribution in [0.15, 0.2) is 60.2 Å². The van der Waals surface area contributed by atoms with Crippen LogP contribution in [0.5, 0.6) is 0 Å². The number of carbonyl (C=O) groups is 4. The summed E-state index contributed by atoms with van der Waals surface area (Å²) in [6.45, 7) is 5.97. The van der Waals surface area contributed by atoms with Crippen LogP contribution in [0.2, 0.25) is 0 Å². The fourth-order valence-corrected chi connectivity index (χ4v) is 5.84. The van der Waals surface area contributed by atoms with Gasteiger partial charge < -0.3 is 0 Å². The summed E-state index contributed by atoms with van der Waals surface area (Å²) in [4.78, 5) is 55.5. The van der Waals surface area contributed by atoms with Gasteiger partial charge in [0.2, 0.25) is 23.6 Å². The fraction of sp³-hybridized carbons (Fsp3) is 0.379. The Morgan fingerprint density at radius 2 is 1.23 bits per heavy atom. The van der Waals surface area contributed by atoms with Crippen LogP contribution in [0.3, 0.4) is 0 Å². The third-order valence-electron chi connectivity index (χ3n) is 7.82. The monoisotopic (exact) mass is 470 g/mol. The largest absolute Gasteiger partial charge is 0.274 e. The molecule has 0 radical (unpaired) electrons. The maximum Gasteiger partial charge on any atom is 0.241 e. The first kappa shape index (κ1) is 23.2. The molecule has 180 valence electrons. The van der Waals surface area contributed by atoms with Crippen LogP contribution in [-0.4, -0.2) is 23.6 Å². The summed E-state index contributed by atoms with van der Waals surface area (Å²) >= 11 is 0. The van der Waals surface area contributed by atoms with Crippen molar-refractivity contribution in [1.82, 2.24) is 0 Å². The van der Waals surface area contributed by atoms with E-state index in [0.29, 0.717) is 17.8 Å². The molecule has 2 fully saturated rings. The van der Waals surface area contributed by atoms with Gasteiger partial charge in [0.15, 0.2) is 0 Å². The molecule has 0 N–H and O–H groups in total. The minimum absolute atomic E-state index is 0.116. The number of carbonyl (C=O) groups excluding carboxylic acids is 4. The molecule has 0 bridgehead atoms. The van der Waals surface area contributed by atoms with Crippen molar-refractivity contribution in [3.05, 3.63) is 71.3 Å². The quantitative estimate of drug-likeness (QED) is 0.478. The summed E-state index contributed by atoms with van der Waals surface area (Å²) in [6, 6.07) is 15.0. The van der Waals surface area contributed by atoms with Gasteiger partial charge in [0.25, 0.3) is 0 Å². The average molecular weight is 471 g/mol. The number of imide groups is 2. The minimum Gasteiger partial charge on any atom is -0.274 e. The van der Waals surface area contributed by atoms with E-state index in [9.17, 15) is 19.2 Å². The van der Waals surface area contributed by atoms with Crippen LogP contribution in [-0.2, 0) is 32.0 Å². The number of anilines is 2. The number of hydrogen-bond acceptors (Lipinski definition) is 4. The number of rotatable bonds is 5. The molecule has 0 saturated carbocycles. The molecule has 6 nitrogen and oxygen atoms in total. The van der Waals surface area contributed by atoms with E-state index in [2.05, 4.69) is 13.8 Å². The Balaban J connectivity index is 1.38. The number of nitrogens with zero attached hydrogens (tertiary/aromatic N) is 2. The van der Waals surface area contributed by atoms with Gasteiger partial charge in [-0.1, -0.05) is 49.8 Å². The Hall–Kier alpha value is -3.54. The van der Waals surface area contributed by atoms with Crippen LogP contribution >= 0.6 is 0 Å². The fourth-order valence-electron chi connectivity index (χ4n) is 5.84. The highest BCUT2D eigenvalue weighted by Gasteiger charge is 2.53. The van der Waals surface area contributed by atoms with Gasteiger partial charge in [0, 0.05) is 6.42 Å².